The monoisotopic (exact) mass is 199 g/mol. The van der Waals surface area contributed by atoms with Crippen LogP contribution >= 0.6 is 0 Å². The summed E-state index contributed by atoms with van der Waals surface area (Å²) >= 11 is 0. The average Bonchev–Trinajstić information content (AvgIpc) is 2.68. The molecular formula is C14H17N. The van der Waals surface area contributed by atoms with E-state index in [2.05, 4.69) is 55.2 Å². The third-order valence-corrected chi connectivity index (χ3v) is 3.25. The molecule has 15 heavy (non-hydrogen) atoms. The molecule has 1 heterocycles. The Morgan fingerprint density at radius 1 is 1.27 bits per heavy atom. The van der Waals surface area contributed by atoms with E-state index in [1.807, 2.05) is 12.3 Å². The Morgan fingerprint density at radius 2 is 2.00 bits per heavy atom. The van der Waals surface area contributed by atoms with E-state index < -0.39 is 0 Å². The molecule has 1 aliphatic heterocycles. The molecule has 0 aromatic heterocycles. The van der Waals surface area contributed by atoms with Crippen molar-refractivity contribution in [3.8, 4) is 0 Å². The molecule has 0 fully saturated rings. The Kier molecular flexibility index (Phi) is 2.72. The SMILES string of the molecule is CC(Cc1ccccc1)C1(C)C=CC=N1. The van der Waals surface area contributed by atoms with E-state index in [4.69, 9.17) is 0 Å². The first kappa shape index (κ1) is 10.2. The van der Waals surface area contributed by atoms with Gasteiger partial charge in [-0.05, 0) is 30.9 Å². The van der Waals surface area contributed by atoms with Gasteiger partial charge in [0.15, 0.2) is 0 Å². The van der Waals surface area contributed by atoms with Crippen molar-refractivity contribution in [1.29, 1.82) is 0 Å². The maximum atomic E-state index is 4.53. The van der Waals surface area contributed by atoms with E-state index in [1.54, 1.807) is 0 Å². The van der Waals surface area contributed by atoms with Crippen LogP contribution in [0.1, 0.15) is 19.4 Å². The van der Waals surface area contributed by atoms with Crippen molar-refractivity contribution in [3.05, 3.63) is 48.0 Å². The van der Waals surface area contributed by atoms with Gasteiger partial charge in [0.25, 0.3) is 0 Å². The normalized spacial score (nSPS) is 25.7. The quantitative estimate of drug-likeness (QED) is 0.708. The van der Waals surface area contributed by atoms with Crippen molar-refractivity contribution in [3.63, 3.8) is 0 Å². The summed E-state index contributed by atoms with van der Waals surface area (Å²) in [6, 6.07) is 10.6. The first-order valence-electron chi connectivity index (χ1n) is 5.48. The maximum absolute atomic E-state index is 4.53. The van der Waals surface area contributed by atoms with Crippen molar-refractivity contribution >= 4 is 6.21 Å². The number of hydrogen-bond donors (Lipinski definition) is 0. The lowest BCUT2D eigenvalue weighted by atomic mass is 9.84. The zero-order valence-corrected chi connectivity index (χ0v) is 9.35. The fourth-order valence-electron chi connectivity index (χ4n) is 1.95. The Hall–Kier alpha value is -1.37. The van der Waals surface area contributed by atoms with Gasteiger partial charge in [0.1, 0.15) is 0 Å². The third kappa shape index (κ3) is 2.17. The van der Waals surface area contributed by atoms with Crippen molar-refractivity contribution in [2.24, 2.45) is 10.9 Å². The van der Waals surface area contributed by atoms with Gasteiger partial charge in [-0.1, -0.05) is 43.3 Å². The number of benzene rings is 1. The van der Waals surface area contributed by atoms with E-state index in [-0.39, 0.29) is 5.54 Å². The van der Waals surface area contributed by atoms with Gasteiger partial charge in [-0.2, -0.15) is 0 Å². The predicted molar refractivity (Wildman–Crippen MR) is 65.3 cm³/mol. The minimum atomic E-state index is -0.00413. The van der Waals surface area contributed by atoms with Crippen LogP contribution < -0.4 is 0 Å². The smallest absolute Gasteiger partial charge is 0.0791 e. The van der Waals surface area contributed by atoms with Gasteiger partial charge in [-0.25, -0.2) is 0 Å². The molecule has 0 saturated heterocycles. The van der Waals surface area contributed by atoms with Gasteiger partial charge < -0.3 is 0 Å². The molecule has 0 radical (unpaired) electrons. The molecule has 1 heteroatoms. The number of hydrogen-bond acceptors (Lipinski definition) is 1. The van der Waals surface area contributed by atoms with Crippen LogP contribution in [0.2, 0.25) is 0 Å². The molecule has 2 unspecified atom stereocenters. The lowest BCUT2D eigenvalue weighted by Gasteiger charge is -2.26. The standard InChI is InChI=1S/C14H17N/c1-12(14(2)9-6-10-15-14)11-13-7-4-3-5-8-13/h3-10,12H,11H2,1-2H3. The lowest BCUT2D eigenvalue weighted by molar-refractivity contribution is 0.394. The molecule has 2 atom stereocenters. The number of allylic oxidation sites excluding steroid dienone is 1. The molecule has 1 aromatic carbocycles. The molecule has 0 spiro atoms. The van der Waals surface area contributed by atoms with Gasteiger partial charge in [0.2, 0.25) is 0 Å². The fourth-order valence-corrected chi connectivity index (χ4v) is 1.95. The molecular weight excluding hydrogens is 182 g/mol. The Balaban J connectivity index is 2.07. The van der Waals surface area contributed by atoms with Crippen LogP contribution in [0.25, 0.3) is 0 Å². The van der Waals surface area contributed by atoms with Gasteiger partial charge in [0, 0.05) is 6.21 Å². The van der Waals surface area contributed by atoms with Crippen LogP contribution in [0.4, 0.5) is 0 Å². The zero-order chi connectivity index (χ0) is 10.7. The molecule has 0 N–H and O–H groups in total. The van der Waals surface area contributed by atoms with Crippen molar-refractivity contribution in [1.82, 2.24) is 0 Å². The largest absolute Gasteiger partial charge is 0.282 e. The fraction of sp³-hybridized carbons (Fsp3) is 0.357. The van der Waals surface area contributed by atoms with Crippen LogP contribution in [0.3, 0.4) is 0 Å². The second-order valence-corrected chi connectivity index (χ2v) is 4.45. The van der Waals surface area contributed by atoms with Gasteiger partial charge >= 0.3 is 0 Å². The summed E-state index contributed by atoms with van der Waals surface area (Å²) in [6.07, 6.45) is 7.22. The van der Waals surface area contributed by atoms with Gasteiger partial charge in [-0.15, -0.1) is 0 Å². The minimum Gasteiger partial charge on any atom is -0.282 e. The van der Waals surface area contributed by atoms with E-state index >= 15 is 0 Å². The first-order valence-corrected chi connectivity index (χ1v) is 5.48. The second kappa shape index (κ2) is 4.01. The molecule has 0 amide bonds. The van der Waals surface area contributed by atoms with Crippen LogP contribution in [-0.2, 0) is 6.42 Å². The first-order chi connectivity index (χ1) is 7.21. The summed E-state index contributed by atoms with van der Waals surface area (Å²) < 4.78 is 0. The summed E-state index contributed by atoms with van der Waals surface area (Å²) in [5.74, 6) is 0.537. The highest BCUT2D eigenvalue weighted by molar-refractivity contribution is 5.75. The topological polar surface area (TPSA) is 12.4 Å². The van der Waals surface area contributed by atoms with Crippen molar-refractivity contribution in [2.75, 3.05) is 0 Å². The zero-order valence-electron chi connectivity index (χ0n) is 9.35. The van der Waals surface area contributed by atoms with E-state index in [0.717, 1.165) is 6.42 Å². The van der Waals surface area contributed by atoms with Gasteiger partial charge in [-0.3, -0.25) is 4.99 Å². The van der Waals surface area contributed by atoms with E-state index in [9.17, 15) is 0 Å². The Bertz CT molecular complexity index is 364. The molecule has 78 valence electrons. The molecule has 1 aromatic rings. The molecule has 1 aliphatic rings. The maximum Gasteiger partial charge on any atom is 0.0791 e. The van der Waals surface area contributed by atoms with E-state index in [0.29, 0.717) is 5.92 Å². The Labute approximate surface area is 91.6 Å². The lowest BCUT2D eigenvalue weighted by Crippen LogP contribution is -2.28. The van der Waals surface area contributed by atoms with Crippen molar-refractivity contribution in [2.45, 2.75) is 25.8 Å². The summed E-state index contributed by atoms with van der Waals surface area (Å²) in [6.45, 7) is 4.46. The van der Waals surface area contributed by atoms with Crippen LogP contribution in [-0.4, -0.2) is 11.8 Å². The summed E-state index contributed by atoms with van der Waals surface area (Å²) in [5, 5.41) is 0. The molecule has 0 saturated carbocycles. The highest BCUT2D eigenvalue weighted by atomic mass is 14.9. The second-order valence-electron chi connectivity index (χ2n) is 4.45. The third-order valence-electron chi connectivity index (χ3n) is 3.25. The van der Waals surface area contributed by atoms with Crippen LogP contribution in [0, 0.1) is 5.92 Å². The molecule has 0 bridgehead atoms. The van der Waals surface area contributed by atoms with Crippen LogP contribution in [0.5, 0.6) is 0 Å². The number of nitrogens with zero attached hydrogens (tertiary/aromatic N) is 1. The summed E-state index contributed by atoms with van der Waals surface area (Å²) in [7, 11) is 0. The Morgan fingerprint density at radius 3 is 2.60 bits per heavy atom. The highest BCUT2D eigenvalue weighted by Crippen LogP contribution is 2.28. The predicted octanol–water partition coefficient (Wildman–Crippen LogP) is 3.26. The summed E-state index contributed by atoms with van der Waals surface area (Å²) in [5.41, 5.74) is 1.39. The van der Waals surface area contributed by atoms with Crippen LogP contribution in [0.15, 0.2) is 47.5 Å². The van der Waals surface area contributed by atoms with Crippen molar-refractivity contribution < 1.29 is 0 Å². The highest BCUT2D eigenvalue weighted by Gasteiger charge is 2.28. The average molecular weight is 199 g/mol. The molecule has 0 aliphatic carbocycles. The van der Waals surface area contributed by atoms with E-state index in [1.165, 1.54) is 5.56 Å². The minimum absolute atomic E-state index is 0.00413. The molecule has 2 rings (SSSR count). The summed E-state index contributed by atoms with van der Waals surface area (Å²) in [4.78, 5) is 4.53. The number of aliphatic imine (C=N–C) groups is 1. The number of rotatable bonds is 3. The van der Waals surface area contributed by atoms with Gasteiger partial charge in [0.05, 0.1) is 5.54 Å². The molecule has 1 nitrogen and oxygen atoms in total.